The highest BCUT2D eigenvalue weighted by atomic mass is 16.6. The van der Waals surface area contributed by atoms with Crippen molar-refractivity contribution in [1.82, 2.24) is 0 Å². The van der Waals surface area contributed by atoms with E-state index in [0.29, 0.717) is 5.69 Å². The van der Waals surface area contributed by atoms with Gasteiger partial charge in [-0.05, 0) is 19.1 Å². The first-order chi connectivity index (χ1) is 6.15. The van der Waals surface area contributed by atoms with Crippen LogP contribution in [0.25, 0.3) is 0 Å². The van der Waals surface area contributed by atoms with Crippen molar-refractivity contribution in [3.8, 4) is 0 Å². The van der Waals surface area contributed by atoms with E-state index in [0.717, 1.165) is 5.56 Å². The van der Waals surface area contributed by atoms with Gasteiger partial charge in [0.2, 0.25) is 5.28 Å². The highest BCUT2D eigenvalue weighted by molar-refractivity contribution is 5.43. The fraction of sp³-hybridized carbons (Fsp3) is 0.250. The van der Waals surface area contributed by atoms with Gasteiger partial charge in [-0.3, -0.25) is 0 Å². The molecule has 0 heterocycles. The molecular formula is C8H11N3O2. The Labute approximate surface area is 76.0 Å². The fourth-order valence-electron chi connectivity index (χ4n) is 0.919. The van der Waals surface area contributed by atoms with Gasteiger partial charge in [0.15, 0.2) is 0 Å². The van der Waals surface area contributed by atoms with E-state index >= 15 is 0 Å². The summed E-state index contributed by atoms with van der Waals surface area (Å²) < 4.78 is 0. The number of rotatable bonds is 2. The number of aryl methyl sites for hydroxylation is 1. The summed E-state index contributed by atoms with van der Waals surface area (Å²) in [4.78, 5) is 0.102. The molecule has 0 saturated carbocycles. The van der Waals surface area contributed by atoms with E-state index in [2.05, 4.69) is 5.28 Å². The lowest BCUT2D eigenvalue weighted by molar-refractivity contribution is -0.564. The average molecular weight is 181 g/mol. The Balaban J connectivity index is 2.89. The predicted molar refractivity (Wildman–Crippen MR) is 47.4 cm³/mol. The lowest BCUT2D eigenvalue weighted by Gasteiger charge is -2.11. The zero-order valence-electron chi connectivity index (χ0n) is 7.51. The van der Waals surface area contributed by atoms with Crippen molar-refractivity contribution in [2.45, 2.75) is 6.92 Å². The Morgan fingerprint density at radius 2 is 1.92 bits per heavy atom. The molecule has 0 amide bonds. The van der Waals surface area contributed by atoms with Crippen molar-refractivity contribution in [2.24, 2.45) is 5.28 Å². The van der Waals surface area contributed by atoms with Crippen LogP contribution in [0.5, 0.6) is 0 Å². The third-order valence-electron chi connectivity index (χ3n) is 1.74. The maximum Gasteiger partial charge on any atom is 0.231 e. The van der Waals surface area contributed by atoms with Gasteiger partial charge in [0, 0.05) is 0 Å². The summed E-state index contributed by atoms with van der Waals surface area (Å²) >= 11 is 0. The van der Waals surface area contributed by atoms with E-state index in [1.165, 1.54) is 12.1 Å². The second-order valence-corrected chi connectivity index (χ2v) is 2.70. The summed E-state index contributed by atoms with van der Waals surface area (Å²) in [5.41, 5.74) is 1.77. The summed E-state index contributed by atoms with van der Waals surface area (Å²) in [6.07, 6.45) is 0. The van der Waals surface area contributed by atoms with Gasteiger partial charge < -0.3 is 10.4 Å². The molecule has 5 heteroatoms. The summed E-state index contributed by atoms with van der Waals surface area (Å²) in [5.74, 6) is 0. The van der Waals surface area contributed by atoms with E-state index in [-0.39, 0.29) is 4.97 Å². The third kappa shape index (κ3) is 2.08. The number of nitrogens with zero attached hydrogens (tertiary/aromatic N) is 3. The Hall–Kier alpha value is -1.78. The lowest BCUT2D eigenvalue weighted by Crippen LogP contribution is -2.25. The molecule has 0 unspecified atom stereocenters. The summed E-state index contributed by atoms with van der Waals surface area (Å²) in [5, 5.41) is 22.7. The monoisotopic (exact) mass is 181 g/mol. The first-order valence-corrected chi connectivity index (χ1v) is 3.77. The molecule has 0 aliphatic rings. The smallest absolute Gasteiger partial charge is 0.231 e. The zero-order chi connectivity index (χ0) is 9.84. The van der Waals surface area contributed by atoms with E-state index < -0.39 is 0 Å². The second kappa shape index (κ2) is 3.75. The summed E-state index contributed by atoms with van der Waals surface area (Å²) in [7, 11) is 1.51. The molecule has 0 aromatic heterocycles. The van der Waals surface area contributed by atoms with Crippen LogP contribution in [-0.2, 0) is 0 Å². The van der Waals surface area contributed by atoms with Crippen LogP contribution in [0.4, 0.5) is 5.69 Å². The maximum absolute atomic E-state index is 10.8. The minimum absolute atomic E-state index is 0.102. The molecule has 1 aromatic rings. The van der Waals surface area contributed by atoms with E-state index in [1.807, 2.05) is 19.1 Å². The molecule has 0 aliphatic heterocycles. The van der Waals surface area contributed by atoms with Crippen LogP contribution in [0, 0.1) is 12.1 Å². The molecule has 0 aliphatic carbocycles. The fourth-order valence-corrected chi connectivity index (χ4v) is 0.919. The standard InChI is InChI=1S/C8H11N3O2/c1-7-3-5-8(6-4-7)10(2)11(13)9-12/h3-6,12H,1-2H3/b11-9-. The van der Waals surface area contributed by atoms with Crippen molar-refractivity contribution in [1.29, 1.82) is 0 Å². The van der Waals surface area contributed by atoms with E-state index in [9.17, 15) is 5.21 Å². The number of anilines is 1. The molecule has 0 saturated heterocycles. The molecule has 0 radical (unpaired) electrons. The van der Waals surface area contributed by atoms with Gasteiger partial charge in [0.25, 0.3) is 0 Å². The number of hydrogen-bond donors (Lipinski definition) is 1. The van der Waals surface area contributed by atoms with Gasteiger partial charge in [-0.15, -0.1) is 5.01 Å². The highest BCUT2D eigenvalue weighted by Gasteiger charge is 2.07. The van der Waals surface area contributed by atoms with Gasteiger partial charge in [-0.1, -0.05) is 17.7 Å². The van der Waals surface area contributed by atoms with Crippen molar-refractivity contribution >= 4 is 5.69 Å². The van der Waals surface area contributed by atoms with Gasteiger partial charge >= 0.3 is 0 Å². The zero-order valence-corrected chi connectivity index (χ0v) is 7.51. The summed E-state index contributed by atoms with van der Waals surface area (Å²) in [6, 6.07) is 7.28. The summed E-state index contributed by atoms with van der Waals surface area (Å²) in [6.45, 7) is 1.95. The maximum atomic E-state index is 10.8. The minimum atomic E-state index is 0.102. The Morgan fingerprint density at radius 1 is 1.38 bits per heavy atom. The molecule has 1 aromatic carbocycles. The average Bonchev–Trinajstić information content (AvgIpc) is 2.17. The van der Waals surface area contributed by atoms with E-state index in [1.54, 1.807) is 12.1 Å². The van der Waals surface area contributed by atoms with Crippen LogP contribution in [0.1, 0.15) is 5.56 Å². The van der Waals surface area contributed by atoms with Gasteiger partial charge in [0.1, 0.15) is 5.69 Å². The molecule has 0 spiro atoms. The lowest BCUT2D eigenvalue weighted by atomic mass is 10.2. The largest absolute Gasteiger partial charge is 0.569 e. The van der Waals surface area contributed by atoms with Crippen LogP contribution < -0.4 is 5.01 Å². The molecule has 13 heavy (non-hydrogen) atoms. The molecule has 70 valence electrons. The third-order valence-corrected chi connectivity index (χ3v) is 1.74. The Morgan fingerprint density at radius 3 is 2.38 bits per heavy atom. The molecular weight excluding hydrogens is 170 g/mol. The van der Waals surface area contributed by atoms with Crippen LogP contribution >= 0.6 is 0 Å². The van der Waals surface area contributed by atoms with Crippen molar-refractivity contribution < 1.29 is 10.2 Å². The molecule has 0 fully saturated rings. The molecule has 1 rings (SSSR count). The minimum Gasteiger partial charge on any atom is -0.569 e. The number of hydrogen-bond acceptors (Lipinski definition) is 2. The molecule has 1 N–H and O–H groups in total. The normalized spacial score (nSPS) is 11.4. The van der Waals surface area contributed by atoms with Crippen molar-refractivity contribution in [2.75, 3.05) is 12.1 Å². The van der Waals surface area contributed by atoms with Crippen molar-refractivity contribution in [3.05, 3.63) is 35.0 Å². The van der Waals surface area contributed by atoms with Gasteiger partial charge in [0.05, 0.1) is 12.0 Å². The van der Waals surface area contributed by atoms with Crippen LogP contribution in [-0.4, -0.2) is 17.2 Å². The molecule has 0 atom stereocenters. The topological polar surface area (TPSA) is 61.9 Å². The van der Waals surface area contributed by atoms with Crippen LogP contribution in [0.2, 0.25) is 0 Å². The molecule has 5 nitrogen and oxygen atoms in total. The first-order valence-electron chi connectivity index (χ1n) is 3.77. The van der Waals surface area contributed by atoms with Gasteiger partial charge in [-0.25, -0.2) is 0 Å². The van der Waals surface area contributed by atoms with Crippen molar-refractivity contribution in [3.63, 3.8) is 0 Å². The van der Waals surface area contributed by atoms with Gasteiger partial charge in [-0.2, -0.15) is 0 Å². The predicted octanol–water partition coefficient (Wildman–Crippen LogP) is 1.70. The van der Waals surface area contributed by atoms with Crippen LogP contribution in [0.3, 0.4) is 0 Å². The number of benzene rings is 1. The highest BCUT2D eigenvalue weighted by Crippen LogP contribution is 2.12. The SMILES string of the molecule is Cc1ccc(N(C)/[N+]([O-])=N/O)cc1. The quantitative estimate of drug-likeness (QED) is 0.429. The number of hydrazine groups is 1. The first kappa shape index (κ1) is 9.31. The second-order valence-electron chi connectivity index (χ2n) is 2.70. The van der Waals surface area contributed by atoms with Crippen LogP contribution in [0.15, 0.2) is 29.5 Å². The Kier molecular flexibility index (Phi) is 2.69. The Bertz CT molecular complexity index is 308. The van der Waals surface area contributed by atoms with E-state index in [4.69, 9.17) is 5.21 Å². The molecule has 0 bridgehead atoms.